The molecule has 1 amide bonds. The molecule has 1 aliphatic heterocycles. The quantitative estimate of drug-likeness (QED) is 0.850. The molecule has 2 aliphatic rings. The lowest BCUT2D eigenvalue weighted by Gasteiger charge is -2.23. The topological polar surface area (TPSA) is 54.5 Å². The fourth-order valence-corrected chi connectivity index (χ4v) is 4.19. The largest absolute Gasteiger partial charge is 0.341 e. The van der Waals surface area contributed by atoms with Crippen LogP contribution < -0.4 is 0 Å². The highest BCUT2D eigenvalue weighted by atomic mass is 32.2. The van der Waals surface area contributed by atoms with E-state index in [1.807, 2.05) is 18.2 Å². The van der Waals surface area contributed by atoms with Gasteiger partial charge in [-0.25, -0.2) is 8.42 Å². The zero-order valence-electron chi connectivity index (χ0n) is 12.3. The summed E-state index contributed by atoms with van der Waals surface area (Å²) in [6, 6.07) is 10.1. The van der Waals surface area contributed by atoms with Crippen LogP contribution in [-0.2, 0) is 21.1 Å². The number of sulfone groups is 1. The van der Waals surface area contributed by atoms with Crippen molar-refractivity contribution in [1.82, 2.24) is 4.90 Å². The van der Waals surface area contributed by atoms with Crippen LogP contribution in [0.4, 0.5) is 0 Å². The van der Waals surface area contributed by atoms with Gasteiger partial charge in [-0.05, 0) is 31.2 Å². The maximum absolute atomic E-state index is 12.7. The summed E-state index contributed by atoms with van der Waals surface area (Å²) in [5, 5.41) is -0.381. The van der Waals surface area contributed by atoms with E-state index in [2.05, 4.69) is 12.1 Å². The van der Waals surface area contributed by atoms with Gasteiger partial charge >= 0.3 is 0 Å². The van der Waals surface area contributed by atoms with Crippen molar-refractivity contribution in [2.24, 2.45) is 5.41 Å². The summed E-state index contributed by atoms with van der Waals surface area (Å²) >= 11 is 0. The maximum atomic E-state index is 12.7. The van der Waals surface area contributed by atoms with Crippen LogP contribution in [0.3, 0.4) is 0 Å². The summed E-state index contributed by atoms with van der Waals surface area (Å²) in [6.07, 6.45) is 4.45. The Balaban J connectivity index is 1.69. The van der Waals surface area contributed by atoms with Gasteiger partial charge in [0.25, 0.3) is 0 Å². The Kier molecular flexibility index (Phi) is 3.56. The lowest BCUT2D eigenvalue weighted by Crippen LogP contribution is -2.38. The maximum Gasteiger partial charge on any atom is 0.229 e. The van der Waals surface area contributed by atoms with Crippen LogP contribution in [0.2, 0.25) is 0 Å². The van der Waals surface area contributed by atoms with E-state index >= 15 is 0 Å². The number of benzene rings is 1. The van der Waals surface area contributed by atoms with E-state index in [4.69, 9.17) is 0 Å². The van der Waals surface area contributed by atoms with Crippen LogP contribution >= 0.6 is 0 Å². The Morgan fingerprint density at radius 3 is 2.48 bits per heavy atom. The van der Waals surface area contributed by atoms with Gasteiger partial charge in [0.1, 0.15) is 0 Å². The molecule has 1 heterocycles. The van der Waals surface area contributed by atoms with Crippen molar-refractivity contribution in [3.8, 4) is 0 Å². The first-order valence-corrected chi connectivity index (χ1v) is 9.38. The molecule has 1 unspecified atom stereocenters. The monoisotopic (exact) mass is 307 g/mol. The first-order chi connectivity index (χ1) is 9.91. The molecule has 4 nitrogen and oxygen atoms in total. The first kappa shape index (κ1) is 14.6. The van der Waals surface area contributed by atoms with Crippen molar-refractivity contribution >= 4 is 15.7 Å². The molecule has 3 rings (SSSR count). The molecule has 0 N–H and O–H groups in total. The zero-order chi connectivity index (χ0) is 15.1. The molecular formula is C16H21NO3S. The van der Waals surface area contributed by atoms with Crippen LogP contribution in [-0.4, -0.2) is 43.8 Å². The number of rotatable bonds is 4. The number of hydrogen-bond acceptors (Lipinski definition) is 3. The number of carbonyl (C=O) groups excluding carboxylic acids is 1. The van der Waals surface area contributed by atoms with Crippen LogP contribution in [0.15, 0.2) is 30.3 Å². The third kappa shape index (κ3) is 2.98. The van der Waals surface area contributed by atoms with Crippen molar-refractivity contribution in [3.05, 3.63) is 35.9 Å². The van der Waals surface area contributed by atoms with Gasteiger partial charge < -0.3 is 4.90 Å². The molecule has 0 spiro atoms. The summed E-state index contributed by atoms with van der Waals surface area (Å²) in [5.41, 5.74) is 0.913. The Morgan fingerprint density at radius 2 is 1.95 bits per heavy atom. The normalized spacial score (nSPS) is 24.0. The fraction of sp³-hybridized carbons (Fsp3) is 0.562. The number of hydrogen-bond donors (Lipinski definition) is 0. The molecule has 1 aliphatic carbocycles. The Hall–Kier alpha value is -1.36. The average Bonchev–Trinajstić information content (AvgIpc) is 3.03. The van der Waals surface area contributed by atoms with Gasteiger partial charge in [-0.2, -0.15) is 0 Å². The lowest BCUT2D eigenvalue weighted by molar-refractivity contribution is -0.135. The highest BCUT2D eigenvalue weighted by Crippen LogP contribution is 2.50. The molecule has 1 aromatic rings. The van der Waals surface area contributed by atoms with Crippen molar-refractivity contribution in [2.75, 3.05) is 19.3 Å². The van der Waals surface area contributed by atoms with E-state index in [1.54, 1.807) is 4.90 Å². The van der Waals surface area contributed by atoms with Gasteiger partial charge in [0.05, 0.1) is 10.7 Å². The average molecular weight is 307 g/mol. The smallest absolute Gasteiger partial charge is 0.229 e. The van der Waals surface area contributed by atoms with Gasteiger partial charge in [-0.3, -0.25) is 4.79 Å². The SMILES string of the molecule is CS(=O)(=O)C1CCN(C(=O)C2(Cc3ccccc3)CC2)C1. The number of nitrogens with zero attached hydrogens (tertiary/aromatic N) is 1. The second-order valence-corrected chi connectivity index (χ2v) is 8.76. The summed E-state index contributed by atoms with van der Waals surface area (Å²) in [6.45, 7) is 0.946. The molecule has 1 atom stereocenters. The van der Waals surface area contributed by atoms with E-state index in [1.165, 1.54) is 11.8 Å². The third-order valence-electron chi connectivity index (χ3n) is 4.73. The minimum atomic E-state index is -3.05. The Bertz CT molecular complexity index is 635. The lowest BCUT2D eigenvalue weighted by atomic mass is 9.95. The number of likely N-dealkylation sites (tertiary alicyclic amines) is 1. The summed E-state index contributed by atoms with van der Waals surface area (Å²) in [4.78, 5) is 14.5. The van der Waals surface area contributed by atoms with Gasteiger partial charge in [0, 0.05) is 19.3 Å². The molecule has 0 bridgehead atoms. The summed E-state index contributed by atoms with van der Waals surface area (Å²) in [7, 11) is -3.05. The molecule has 1 saturated heterocycles. The minimum absolute atomic E-state index is 0.150. The van der Waals surface area contributed by atoms with Crippen molar-refractivity contribution in [1.29, 1.82) is 0 Å². The van der Waals surface area contributed by atoms with E-state index in [0.717, 1.165) is 19.3 Å². The zero-order valence-corrected chi connectivity index (χ0v) is 13.1. The van der Waals surface area contributed by atoms with Gasteiger partial charge in [0.15, 0.2) is 9.84 Å². The van der Waals surface area contributed by atoms with Crippen LogP contribution in [0.25, 0.3) is 0 Å². The Labute approximate surface area is 126 Å². The fourth-order valence-electron chi connectivity index (χ4n) is 3.20. The van der Waals surface area contributed by atoms with E-state index in [-0.39, 0.29) is 16.6 Å². The van der Waals surface area contributed by atoms with Crippen molar-refractivity contribution < 1.29 is 13.2 Å². The molecular weight excluding hydrogens is 286 g/mol. The predicted octanol–water partition coefficient (Wildman–Crippen LogP) is 1.65. The van der Waals surface area contributed by atoms with E-state index < -0.39 is 9.84 Å². The van der Waals surface area contributed by atoms with E-state index in [0.29, 0.717) is 19.5 Å². The highest BCUT2D eigenvalue weighted by molar-refractivity contribution is 7.91. The molecule has 114 valence electrons. The highest BCUT2D eigenvalue weighted by Gasteiger charge is 2.52. The first-order valence-electron chi connectivity index (χ1n) is 7.43. The third-order valence-corrected chi connectivity index (χ3v) is 6.33. The summed E-state index contributed by atoms with van der Waals surface area (Å²) in [5.74, 6) is 0.150. The molecule has 0 radical (unpaired) electrons. The molecule has 21 heavy (non-hydrogen) atoms. The second kappa shape index (κ2) is 5.13. The molecule has 2 fully saturated rings. The Morgan fingerprint density at radius 1 is 1.29 bits per heavy atom. The van der Waals surface area contributed by atoms with Crippen molar-refractivity contribution in [3.63, 3.8) is 0 Å². The molecule has 0 aromatic heterocycles. The molecule has 1 aromatic carbocycles. The predicted molar refractivity (Wildman–Crippen MR) is 81.6 cm³/mol. The second-order valence-electron chi connectivity index (χ2n) is 6.43. The van der Waals surface area contributed by atoms with Crippen LogP contribution in [0, 0.1) is 5.41 Å². The number of carbonyl (C=O) groups is 1. The van der Waals surface area contributed by atoms with Crippen LogP contribution in [0.1, 0.15) is 24.8 Å². The van der Waals surface area contributed by atoms with Crippen molar-refractivity contribution in [2.45, 2.75) is 30.9 Å². The van der Waals surface area contributed by atoms with E-state index in [9.17, 15) is 13.2 Å². The van der Waals surface area contributed by atoms with Gasteiger partial charge in [0.2, 0.25) is 5.91 Å². The van der Waals surface area contributed by atoms with Gasteiger partial charge in [-0.1, -0.05) is 30.3 Å². The molecule has 5 heteroatoms. The standard InChI is InChI=1S/C16H21NO3S/c1-21(19,20)14-7-10-17(12-14)15(18)16(8-9-16)11-13-5-3-2-4-6-13/h2-6,14H,7-12H2,1H3. The van der Waals surface area contributed by atoms with Crippen LogP contribution in [0.5, 0.6) is 0 Å². The minimum Gasteiger partial charge on any atom is -0.341 e. The molecule has 1 saturated carbocycles. The number of amides is 1. The summed E-state index contributed by atoms with van der Waals surface area (Å²) < 4.78 is 23.2. The van der Waals surface area contributed by atoms with Gasteiger partial charge in [-0.15, -0.1) is 0 Å².